The summed E-state index contributed by atoms with van der Waals surface area (Å²) in [6, 6.07) is 20.5. The zero-order valence-corrected chi connectivity index (χ0v) is 19.1. The van der Waals surface area contributed by atoms with Crippen molar-refractivity contribution in [3.05, 3.63) is 66.4 Å². The van der Waals surface area contributed by atoms with Crippen LogP contribution in [0.15, 0.2) is 60.7 Å². The van der Waals surface area contributed by atoms with E-state index in [0.29, 0.717) is 0 Å². The van der Waals surface area contributed by atoms with E-state index in [2.05, 4.69) is 28.0 Å². The third kappa shape index (κ3) is 4.17. The lowest BCUT2D eigenvalue weighted by Crippen LogP contribution is -2.47. The predicted molar refractivity (Wildman–Crippen MR) is 131 cm³/mol. The largest absolute Gasteiger partial charge is 0.497 e. The van der Waals surface area contributed by atoms with Gasteiger partial charge in [0.1, 0.15) is 11.6 Å². The quantitative estimate of drug-likeness (QED) is 0.492. The lowest BCUT2D eigenvalue weighted by molar-refractivity contribution is 0.188. The second kappa shape index (κ2) is 9.21. The molecule has 0 radical (unpaired) electrons. The summed E-state index contributed by atoms with van der Waals surface area (Å²) in [4.78, 5) is 9.75. The SMILES string of the molecule is COc1ccc(-c2cc(N3CCN(CCO)CC3)n3nc(C)c(-c4ccccc4)c3n2)cc1. The molecular weight excluding hydrogens is 414 g/mol. The Balaban J connectivity index is 1.64. The number of rotatable bonds is 6. The molecule has 0 atom stereocenters. The number of aliphatic hydroxyl groups is 1. The second-order valence-electron chi connectivity index (χ2n) is 8.34. The number of hydrogen-bond acceptors (Lipinski definition) is 6. The number of benzene rings is 2. The van der Waals surface area contributed by atoms with Crippen LogP contribution >= 0.6 is 0 Å². The van der Waals surface area contributed by atoms with Crippen molar-refractivity contribution in [3.8, 4) is 28.1 Å². The molecule has 0 unspecified atom stereocenters. The molecule has 0 amide bonds. The highest BCUT2D eigenvalue weighted by Crippen LogP contribution is 2.33. The monoisotopic (exact) mass is 443 g/mol. The number of nitrogens with zero attached hydrogens (tertiary/aromatic N) is 5. The molecule has 0 aliphatic carbocycles. The van der Waals surface area contributed by atoms with Gasteiger partial charge in [-0.25, -0.2) is 4.98 Å². The molecule has 0 saturated carbocycles. The van der Waals surface area contributed by atoms with E-state index in [-0.39, 0.29) is 6.61 Å². The number of ether oxygens (including phenoxy) is 1. The van der Waals surface area contributed by atoms with Crippen LogP contribution in [0.2, 0.25) is 0 Å². The highest BCUT2D eigenvalue weighted by atomic mass is 16.5. The molecule has 2 aromatic carbocycles. The molecule has 1 N–H and O–H groups in total. The maximum atomic E-state index is 9.30. The number of anilines is 1. The number of aromatic nitrogens is 3. The predicted octanol–water partition coefficient (Wildman–Crippen LogP) is 3.49. The molecule has 170 valence electrons. The van der Waals surface area contributed by atoms with Crippen molar-refractivity contribution in [1.29, 1.82) is 0 Å². The maximum Gasteiger partial charge on any atom is 0.166 e. The Bertz CT molecular complexity index is 1230. The van der Waals surface area contributed by atoms with E-state index in [1.165, 1.54) is 0 Å². The van der Waals surface area contributed by atoms with E-state index in [4.69, 9.17) is 14.8 Å². The Hall–Kier alpha value is -3.42. The van der Waals surface area contributed by atoms with Crippen molar-refractivity contribution in [3.63, 3.8) is 0 Å². The number of piperazine rings is 1. The van der Waals surface area contributed by atoms with Gasteiger partial charge in [0.15, 0.2) is 5.65 Å². The van der Waals surface area contributed by atoms with Gasteiger partial charge in [0.25, 0.3) is 0 Å². The van der Waals surface area contributed by atoms with Gasteiger partial charge in [0.05, 0.1) is 25.1 Å². The summed E-state index contributed by atoms with van der Waals surface area (Å²) in [7, 11) is 1.68. The van der Waals surface area contributed by atoms with Crippen molar-refractivity contribution < 1.29 is 9.84 Å². The first-order valence-electron chi connectivity index (χ1n) is 11.4. The van der Waals surface area contributed by atoms with E-state index >= 15 is 0 Å². The van der Waals surface area contributed by atoms with Crippen molar-refractivity contribution in [2.75, 3.05) is 51.3 Å². The molecule has 0 bridgehead atoms. The molecule has 1 fully saturated rings. The molecule has 1 aliphatic heterocycles. The van der Waals surface area contributed by atoms with Crippen LogP contribution in [0.25, 0.3) is 28.0 Å². The summed E-state index contributed by atoms with van der Waals surface area (Å²) in [5.41, 5.74) is 5.95. The van der Waals surface area contributed by atoms with Crippen molar-refractivity contribution in [2.45, 2.75) is 6.92 Å². The molecule has 7 nitrogen and oxygen atoms in total. The van der Waals surface area contributed by atoms with Crippen LogP contribution in [0, 0.1) is 6.92 Å². The number of aryl methyl sites for hydroxylation is 1. The molecular formula is C26H29N5O2. The minimum absolute atomic E-state index is 0.194. The zero-order chi connectivity index (χ0) is 22.8. The fourth-order valence-corrected chi connectivity index (χ4v) is 4.53. The van der Waals surface area contributed by atoms with Gasteiger partial charge < -0.3 is 14.7 Å². The molecule has 1 aliphatic rings. The minimum atomic E-state index is 0.194. The number of aliphatic hydroxyl groups excluding tert-OH is 1. The van der Waals surface area contributed by atoms with Crippen LogP contribution in [-0.2, 0) is 0 Å². The summed E-state index contributed by atoms with van der Waals surface area (Å²) in [5, 5.41) is 14.2. The van der Waals surface area contributed by atoms with Gasteiger partial charge in [-0.3, -0.25) is 4.90 Å². The molecule has 5 rings (SSSR count). The van der Waals surface area contributed by atoms with Gasteiger partial charge in [-0.2, -0.15) is 9.61 Å². The number of hydrogen-bond donors (Lipinski definition) is 1. The number of β-amino-alcohol motifs (C(OH)–C–C–N with tert-alkyl or cyclic N) is 1. The first-order chi connectivity index (χ1) is 16.2. The maximum absolute atomic E-state index is 9.30. The van der Waals surface area contributed by atoms with E-state index in [1.807, 2.05) is 53.9 Å². The van der Waals surface area contributed by atoms with E-state index in [0.717, 1.165) is 78.0 Å². The van der Waals surface area contributed by atoms with Gasteiger partial charge in [0.2, 0.25) is 0 Å². The Morgan fingerprint density at radius 3 is 2.33 bits per heavy atom. The van der Waals surface area contributed by atoms with Gasteiger partial charge >= 0.3 is 0 Å². The summed E-state index contributed by atoms with van der Waals surface area (Å²) in [6.07, 6.45) is 0. The fourth-order valence-electron chi connectivity index (χ4n) is 4.53. The highest BCUT2D eigenvalue weighted by Gasteiger charge is 2.23. The summed E-state index contributed by atoms with van der Waals surface area (Å²) >= 11 is 0. The zero-order valence-electron chi connectivity index (χ0n) is 19.1. The Morgan fingerprint density at radius 1 is 0.939 bits per heavy atom. The van der Waals surface area contributed by atoms with Crippen molar-refractivity contribution in [2.24, 2.45) is 0 Å². The molecule has 7 heteroatoms. The highest BCUT2D eigenvalue weighted by molar-refractivity contribution is 5.83. The Labute approximate surface area is 193 Å². The Morgan fingerprint density at radius 2 is 1.67 bits per heavy atom. The lowest BCUT2D eigenvalue weighted by atomic mass is 10.1. The lowest BCUT2D eigenvalue weighted by Gasteiger charge is -2.35. The topological polar surface area (TPSA) is 66.1 Å². The summed E-state index contributed by atoms with van der Waals surface area (Å²) in [5.74, 6) is 1.87. The van der Waals surface area contributed by atoms with Gasteiger partial charge in [-0.15, -0.1) is 0 Å². The number of methoxy groups -OCH3 is 1. The first-order valence-corrected chi connectivity index (χ1v) is 11.4. The van der Waals surface area contributed by atoms with E-state index in [9.17, 15) is 5.11 Å². The van der Waals surface area contributed by atoms with Gasteiger partial charge in [-0.1, -0.05) is 30.3 Å². The number of fused-ring (bicyclic) bond motifs is 1. The van der Waals surface area contributed by atoms with Crippen LogP contribution in [0.1, 0.15) is 5.69 Å². The Kier molecular flexibility index (Phi) is 5.98. The van der Waals surface area contributed by atoms with Crippen LogP contribution in [0.3, 0.4) is 0 Å². The molecule has 2 aromatic heterocycles. The molecule has 3 heterocycles. The van der Waals surface area contributed by atoms with Crippen molar-refractivity contribution in [1.82, 2.24) is 19.5 Å². The molecule has 33 heavy (non-hydrogen) atoms. The smallest absolute Gasteiger partial charge is 0.166 e. The third-order valence-electron chi connectivity index (χ3n) is 6.31. The standard InChI is InChI=1S/C26H29N5O2/c1-19-25(21-6-4-3-5-7-21)26-27-23(20-8-10-22(33-2)11-9-20)18-24(31(26)28-19)30-14-12-29(13-15-30)16-17-32/h3-11,18,32H,12-17H2,1-2H3. The minimum Gasteiger partial charge on any atom is -0.497 e. The normalized spacial score (nSPS) is 14.7. The molecule has 0 spiro atoms. The molecule has 1 saturated heterocycles. The average molecular weight is 444 g/mol. The summed E-state index contributed by atoms with van der Waals surface area (Å²) in [6.45, 7) is 6.53. The van der Waals surface area contributed by atoms with Gasteiger partial charge in [-0.05, 0) is 36.8 Å². The van der Waals surface area contributed by atoms with Gasteiger partial charge in [0, 0.05) is 49.9 Å². The third-order valence-corrected chi connectivity index (χ3v) is 6.31. The van der Waals surface area contributed by atoms with E-state index in [1.54, 1.807) is 7.11 Å². The van der Waals surface area contributed by atoms with Crippen LogP contribution in [-0.4, -0.2) is 71.0 Å². The van der Waals surface area contributed by atoms with E-state index < -0.39 is 0 Å². The van der Waals surface area contributed by atoms with Crippen LogP contribution < -0.4 is 9.64 Å². The van der Waals surface area contributed by atoms with Crippen molar-refractivity contribution >= 4 is 11.5 Å². The second-order valence-corrected chi connectivity index (χ2v) is 8.34. The molecule has 4 aromatic rings. The first kappa shape index (κ1) is 21.4. The fraction of sp³-hybridized carbons (Fsp3) is 0.308. The van der Waals surface area contributed by atoms with Crippen LogP contribution in [0.4, 0.5) is 5.82 Å². The van der Waals surface area contributed by atoms with Crippen LogP contribution in [0.5, 0.6) is 5.75 Å². The average Bonchev–Trinajstić information content (AvgIpc) is 3.20. The summed E-state index contributed by atoms with van der Waals surface area (Å²) < 4.78 is 7.33.